The molecule has 0 bridgehead atoms. The van der Waals surface area contributed by atoms with Crippen LogP contribution < -0.4 is 15.5 Å². The number of guanidine groups is 1. The van der Waals surface area contributed by atoms with Gasteiger partial charge in [0.25, 0.3) is 0 Å². The van der Waals surface area contributed by atoms with E-state index in [1.807, 2.05) is 6.92 Å². The number of benzene rings is 1. The first-order valence-corrected chi connectivity index (χ1v) is 9.34. The van der Waals surface area contributed by atoms with Gasteiger partial charge in [-0.1, -0.05) is 17.3 Å². The highest BCUT2D eigenvalue weighted by molar-refractivity contribution is 5.80. The van der Waals surface area contributed by atoms with E-state index in [9.17, 15) is 0 Å². The Kier molecular flexibility index (Phi) is 6.09. The van der Waals surface area contributed by atoms with Gasteiger partial charge in [0.15, 0.2) is 11.8 Å². The average Bonchev–Trinajstić information content (AvgIpc) is 3.32. The Morgan fingerprint density at radius 1 is 1.35 bits per heavy atom. The Balaban J connectivity index is 1.67. The van der Waals surface area contributed by atoms with Gasteiger partial charge in [0.2, 0.25) is 5.89 Å². The van der Waals surface area contributed by atoms with Gasteiger partial charge in [0, 0.05) is 25.3 Å². The number of nitrogens with one attached hydrogen (secondary N) is 2. The summed E-state index contributed by atoms with van der Waals surface area (Å²) in [5.74, 6) is 1.88. The molecule has 1 aromatic carbocycles. The summed E-state index contributed by atoms with van der Waals surface area (Å²) in [5.41, 5.74) is 2.55. The lowest BCUT2D eigenvalue weighted by Crippen LogP contribution is -2.38. The molecule has 0 radical (unpaired) electrons. The maximum Gasteiger partial charge on any atom is 0.248 e. The molecule has 140 valence electrons. The fraction of sp³-hybridized carbons (Fsp3) is 0.526. The van der Waals surface area contributed by atoms with Crippen molar-refractivity contribution in [3.05, 3.63) is 41.5 Å². The number of anilines is 1. The second-order valence-electron chi connectivity index (χ2n) is 6.59. The highest BCUT2D eigenvalue weighted by Gasteiger charge is 2.14. The van der Waals surface area contributed by atoms with E-state index in [0.717, 1.165) is 25.6 Å². The van der Waals surface area contributed by atoms with Gasteiger partial charge in [-0.15, -0.1) is 0 Å². The molecular formula is C19H28N6O. The molecule has 0 spiro atoms. The fourth-order valence-electron chi connectivity index (χ4n) is 3.13. The summed E-state index contributed by atoms with van der Waals surface area (Å²) in [5, 5.41) is 10.5. The second-order valence-corrected chi connectivity index (χ2v) is 6.59. The second kappa shape index (κ2) is 8.69. The third-order valence-corrected chi connectivity index (χ3v) is 4.48. The molecule has 0 aliphatic carbocycles. The average molecular weight is 356 g/mol. The molecule has 0 amide bonds. The summed E-state index contributed by atoms with van der Waals surface area (Å²) in [6.45, 7) is 9.44. The minimum absolute atomic E-state index is 0.139. The monoisotopic (exact) mass is 356 g/mol. The van der Waals surface area contributed by atoms with Crippen molar-refractivity contribution in [2.45, 2.75) is 46.2 Å². The highest BCUT2D eigenvalue weighted by atomic mass is 16.5. The maximum atomic E-state index is 5.13. The summed E-state index contributed by atoms with van der Waals surface area (Å²) >= 11 is 0. The van der Waals surface area contributed by atoms with Crippen LogP contribution in [0.3, 0.4) is 0 Å². The van der Waals surface area contributed by atoms with Crippen LogP contribution in [0.1, 0.15) is 50.0 Å². The lowest BCUT2D eigenvalue weighted by molar-refractivity contribution is 0.376. The SMILES string of the molecule is CCNC(=NCc1nc(C)no1)NC(C)c1cccc(N2CCCC2)c1. The zero-order valence-corrected chi connectivity index (χ0v) is 15.8. The molecule has 1 saturated heterocycles. The van der Waals surface area contributed by atoms with E-state index >= 15 is 0 Å². The smallest absolute Gasteiger partial charge is 0.248 e. The van der Waals surface area contributed by atoms with E-state index in [1.165, 1.54) is 24.1 Å². The van der Waals surface area contributed by atoms with E-state index in [4.69, 9.17) is 4.52 Å². The molecule has 1 fully saturated rings. The van der Waals surface area contributed by atoms with Gasteiger partial charge in [0.1, 0.15) is 6.54 Å². The topological polar surface area (TPSA) is 78.6 Å². The summed E-state index contributed by atoms with van der Waals surface area (Å²) in [7, 11) is 0. The molecule has 2 aromatic rings. The normalized spacial score (nSPS) is 16.0. The molecular weight excluding hydrogens is 328 g/mol. The number of hydrogen-bond acceptors (Lipinski definition) is 5. The third-order valence-electron chi connectivity index (χ3n) is 4.48. The molecule has 26 heavy (non-hydrogen) atoms. The van der Waals surface area contributed by atoms with Gasteiger partial charge in [-0.25, -0.2) is 4.99 Å². The van der Waals surface area contributed by atoms with Crippen LogP contribution in [0.4, 0.5) is 5.69 Å². The van der Waals surface area contributed by atoms with Crippen LogP contribution in [-0.4, -0.2) is 35.7 Å². The number of aryl methyl sites for hydroxylation is 1. The number of nitrogens with zero attached hydrogens (tertiary/aromatic N) is 4. The molecule has 2 N–H and O–H groups in total. The number of hydrogen-bond donors (Lipinski definition) is 2. The van der Waals surface area contributed by atoms with Crippen molar-refractivity contribution in [3.8, 4) is 0 Å². The first kappa shape index (κ1) is 18.2. The zero-order chi connectivity index (χ0) is 18.4. The molecule has 1 aliphatic rings. The lowest BCUT2D eigenvalue weighted by Gasteiger charge is -2.22. The van der Waals surface area contributed by atoms with Crippen molar-refractivity contribution in [1.29, 1.82) is 0 Å². The maximum absolute atomic E-state index is 5.13. The lowest BCUT2D eigenvalue weighted by atomic mass is 10.1. The minimum atomic E-state index is 0.139. The Morgan fingerprint density at radius 2 is 2.15 bits per heavy atom. The summed E-state index contributed by atoms with van der Waals surface area (Å²) in [6.07, 6.45) is 2.56. The van der Waals surface area contributed by atoms with Crippen molar-refractivity contribution in [2.24, 2.45) is 4.99 Å². The molecule has 7 nitrogen and oxygen atoms in total. The minimum Gasteiger partial charge on any atom is -0.372 e. The Hall–Kier alpha value is -2.57. The molecule has 1 unspecified atom stereocenters. The van der Waals surface area contributed by atoms with Crippen LogP contribution in [0.25, 0.3) is 0 Å². The highest BCUT2D eigenvalue weighted by Crippen LogP contribution is 2.23. The van der Waals surface area contributed by atoms with Crippen LogP contribution >= 0.6 is 0 Å². The van der Waals surface area contributed by atoms with Crippen LogP contribution in [0.15, 0.2) is 33.8 Å². The van der Waals surface area contributed by atoms with E-state index in [1.54, 1.807) is 6.92 Å². The Morgan fingerprint density at radius 3 is 2.85 bits per heavy atom. The van der Waals surface area contributed by atoms with Crippen molar-refractivity contribution in [2.75, 3.05) is 24.5 Å². The van der Waals surface area contributed by atoms with E-state index in [-0.39, 0.29) is 6.04 Å². The Labute approximate surface area is 154 Å². The van der Waals surface area contributed by atoms with E-state index in [2.05, 4.69) is 61.9 Å². The van der Waals surface area contributed by atoms with Crippen molar-refractivity contribution >= 4 is 11.6 Å². The van der Waals surface area contributed by atoms with E-state index < -0.39 is 0 Å². The largest absolute Gasteiger partial charge is 0.372 e. The van der Waals surface area contributed by atoms with Crippen LogP contribution in [-0.2, 0) is 6.54 Å². The van der Waals surface area contributed by atoms with Gasteiger partial charge in [-0.05, 0) is 51.3 Å². The molecule has 0 saturated carbocycles. The number of rotatable bonds is 6. The standard InChI is InChI=1S/C19H28N6O/c1-4-20-19(21-13-18-23-15(3)24-26-18)22-14(2)16-8-7-9-17(12-16)25-10-5-6-11-25/h7-9,12,14H,4-6,10-11,13H2,1-3H3,(H2,20,21,22). The number of aliphatic imine (C=N–C) groups is 1. The molecule has 2 heterocycles. The fourth-order valence-corrected chi connectivity index (χ4v) is 3.13. The summed E-state index contributed by atoms with van der Waals surface area (Å²) in [6, 6.07) is 8.89. The molecule has 1 aliphatic heterocycles. The van der Waals surface area contributed by atoms with Gasteiger partial charge in [-0.3, -0.25) is 0 Å². The predicted molar refractivity (Wildman–Crippen MR) is 103 cm³/mol. The molecule has 1 aromatic heterocycles. The van der Waals surface area contributed by atoms with E-state index in [0.29, 0.717) is 18.3 Å². The van der Waals surface area contributed by atoms with Gasteiger partial charge in [-0.2, -0.15) is 4.98 Å². The molecule has 7 heteroatoms. The Bertz CT molecular complexity index is 735. The van der Waals surface area contributed by atoms with Crippen molar-refractivity contribution < 1.29 is 4.52 Å². The van der Waals surface area contributed by atoms with Gasteiger partial charge in [0.05, 0.1) is 6.04 Å². The van der Waals surface area contributed by atoms with Gasteiger partial charge >= 0.3 is 0 Å². The van der Waals surface area contributed by atoms with Crippen molar-refractivity contribution in [1.82, 2.24) is 20.8 Å². The van der Waals surface area contributed by atoms with Crippen LogP contribution in [0.5, 0.6) is 0 Å². The molecule has 3 rings (SSSR count). The first-order valence-electron chi connectivity index (χ1n) is 9.34. The number of aromatic nitrogens is 2. The quantitative estimate of drug-likeness (QED) is 0.612. The molecule has 1 atom stereocenters. The predicted octanol–water partition coefficient (Wildman–Crippen LogP) is 2.79. The van der Waals surface area contributed by atoms with Crippen LogP contribution in [0.2, 0.25) is 0 Å². The summed E-state index contributed by atoms with van der Waals surface area (Å²) in [4.78, 5) is 11.2. The summed E-state index contributed by atoms with van der Waals surface area (Å²) < 4.78 is 5.13. The zero-order valence-electron chi connectivity index (χ0n) is 15.8. The first-order chi connectivity index (χ1) is 12.7. The van der Waals surface area contributed by atoms with Crippen molar-refractivity contribution in [3.63, 3.8) is 0 Å². The van der Waals surface area contributed by atoms with Crippen LogP contribution in [0, 0.1) is 6.92 Å². The third kappa shape index (κ3) is 4.74. The van der Waals surface area contributed by atoms with Gasteiger partial charge < -0.3 is 20.1 Å².